The van der Waals surface area contributed by atoms with E-state index in [1.54, 1.807) is 12.3 Å². The quantitative estimate of drug-likeness (QED) is 0.892. The van der Waals surface area contributed by atoms with Gasteiger partial charge in [-0.3, -0.25) is 0 Å². The molecule has 5 nitrogen and oxygen atoms in total. The van der Waals surface area contributed by atoms with Crippen LogP contribution in [0.5, 0.6) is 0 Å². The SMILES string of the molecule is CN1CCN(c2nccc(Nc3ccc(Cl)c(C(F)(F)F)c3)n2)CC1. The molecular weight excluding hydrogens is 355 g/mol. The second kappa shape index (κ2) is 7.05. The lowest BCUT2D eigenvalue weighted by Crippen LogP contribution is -2.45. The molecule has 2 aromatic rings. The van der Waals surface area contributed by atoms with Crippen molar-refractivity contribution in [2.24, 2.45) is 0 Å². The Morgan fingerprint density at radius 1 is 1.12 bits per heavy atom. The van der Waals surface area contributed by atoms with Gasteiger partial charge in [-0.2, -0.15) is 18.2 Å². The monoisotopic (exact) mass is 371 g/mol. The van der Waals surface area contributed by atoms with Crippen LogP contribution < -0.4 is 10.2 Å². The molecule has 2 heterocycles. The minimum Gasteiger partial charge on any atom is -0.340 e. The van der Waals surface area contributed by atoms with Gasteiger partial charge in [-0.25, -0.2) is 4.98 Å². The Bertz CT molecular complexity index is 745. The topological polar surface area (TPSA) is 44.3 Å². The average molecular weight is 372 g/mol. The van der Waals surface area contributed by atoms with Crippen molar-refractivity contribution in [2.45, 2.75) is 6.18 Å². The van der Waals surface area contributed by atoms with Crippen LogP contribution in [0.1, 0.15) is 5.56 Å². The Balaban J connectivity index is 1.79. The van der Waals surface area contributed by atoms with Gasteiger partial charge in [-0.05, 0) is 31.3 Å². The summed E-state index contributed by atoms with van der Waals surface area (Å²) in [5.74, 6) is 0.988. The number of piperazine rings is 1. The van der Waals surface area contributed by atoms with E-state index in [4.69, 9.17) is 11.6 Å². The third kappa shape index (κ3) is 4.32. The highest BCUT2D eigenvalue weighted by Crippen LogP contribution is 2.36. The summed E-state index contributed by atoms with van der Waals surface area (Å²) < 4.78 is 38.9. The Morgan fingerprint density at radius 2 is 1.84 bits per heavy atom. The van der Waals surface area contributed by atoms with Crippen LogP contribution in [0.25, 0.3) is 0 Å². The molecule has 1 saturated heterocycles. The molecule has 3 rings (SSSR count). The van der Waals surface area contributed by atoms with E-state index in [9.17, 15) is 13.2 Å². The number of hydrogen-bond acceptors (Lipinski definition) is 5. The zero-order chi connectivity index (χ0) is 18.0. The predicted molar refractivity (Wildman–Crippen MR) is 91.5 cm³/mol. The van der Waals surface area contributed by atoms with E-state index in [1.807, 2.05) is 4.90 Å². The van der Waals surface area contributed by atoms with Gasteiger partial charge in [0.15, 0.2) is 0 Å². The molecule has 1 aliphatic heterocycles. The van der Waals surface area contributed by atoms with E-state index in [0.717, 1.165) is 32.2 Å². The van der Waals surface area contributed by atoms with Gasteiger partial charge in [0.25, 0.3) is 0 Å². The molecule has 0 radical (unpaired) electrons. The fourth-order valence-corrected chi connectivity index (χ4v) is 2.77. The predicted octanol–water partition coefficient (Wildman–Crippen LogP) is 3.64. The molecule has 0 saturated carbocycles. The van der Waals surface area contributed by atoms with E-state index in [0.29, 0.717) is 11.8 Å². The molecule has 0 aliphatic carbocycles. The smallest absolute Gasteiger partial charge is 0.340 e. The number of halogens is 4. The molecule has 0 bridgehead atoms. The largest absolute Gasteiger partial charge is 0.417 e. The zero-order valence-corrected chi connectivity index (χ0v) is 14.3. The average Bonchev–Trinajstić information content (AvgIpc) is 2.56. The van der Waals surface area contributed by atoms with Crippen LogP contribution in [0.3, 0.4) is 0 Å². The molecule has 1 N–H and O–H groups in total. The summed E-state index contributed by atoms with van der Waals surface area (Å²) in [5.41, 5.74) is -0.618. The third-order valence-corrected chi connectivity index (χ3v) is 4.30. The van der Waals surface area contributed by atoms with Gasteiger partial charge in [0, 0.05) is 38.1 Å². The molecule has 0 atom stereocenters. The molecule has 0 unspecified atom stereocenters. The highest BCUT2D eigenvalue weighted by molar-refractivity contribution is 6.31. The van der Waals surface area contributed by atoms with Crippen LogP contribution in [-0.4, -0.2) is 48.1 Å². The van der Waals surface area contributed by atoms with Crippen molar-refractivity contribution in [1.29, 1.82) is 0 Å². The highest BCUT2D eigenvalue weighted by Gasteiger charge is 2.33. The number of nitrogens with one attached hydrogen (secondary N) is 1. The Kier molecular flexibility index (Phi) is 5.01. The zero-order valence-electron chi connectivity index (χ0n) is 13.5. The van der Waals surface area contributed by atoms with Crippen LogP contribution in [0.2, 0.25) is 5.02 Å². The first-order valence-electron chi connectivity index (χ1n) is 7.73. The van der Waals surface area contributed by atoms with E-state index in [-0.39, 0.29) is 10.7 Å². The van der Waals surface area contributed by atoms with E-state index in [1.165, 1.54) is 12.1 Å². The normalized spacial score (nSPS) is 16.1. The maximum atomic E-state index is 13.0. The van der Waals surface area contributed by atoms with Gasteiger partial charge in [0.1, 0.15) is 5.82 Å². The van der Waals surface area contributed by atoms with Crippen LogP contribution in [0, 0.1) is 0 Å². The van der Waals surface area contributed by atoms with E-state index >= 15 is 0 Å². The molecule has 9 heteroatoms. The summed E-state index contributed by atoms with van der Waals surface area (Å²) in [6.45, 7) is 3.43. The number of hydrogen-bond donors (Lipinski definition) is 1. The number of nitrogens with zero attached hydrogens (tertiary/aromatic N) is 4. The molecule has 134 valence electrons. The van der Waals surface area contributed by atoms with E-state index in [2.05, 4.69) is 27.2 Å². The molecule has 1 aromatic heterocycles. The molecule has 1 fully saturated rings. The number of benzene rings is 1. The van der Waals surface area contributed by atoms with Gasteiger partial charge >= 0.3 is 6.18 Å². The lowest BCUT2D eigenvalue weighted by Gasteiger charge is -2.32. The third-order valence-electron chi connectivity index (χ3n) is 3.97. The summed E-state index contributed by atoms with van der Waals surface area (Å²) in [4.78, 5) is 12.9. The first-order chi connectivity index (χ1) is 11.8. The molecular formula is C16H17ClF3N5. The Morgan fingerprint density at radius 3 is 2.52 bits per heavy atom. The summed E-state index contributed by atoms with van der Waals surface area (Å²) in [6, 6.07) is 5.28. The standard InChI is InChI=1S/C16H17ClF3N5/c1-24-6-8-25(9-7-24)15-21-5-4-14(23-15)22-11-2-3-13(17)12(10-11)16(18,19)20/h2-5,10H,6-9H2,1H3,(H,21,22,23). The maximum absolute atomic E-state index is 13.0. The van der Waals surface area contributed by atoms with Crippen molar-refractivity contribution in [3.8, 4) is 0 Å². The van der Waals surface area contributed by atoms with Gasteiger partial charge in [0.2, 0.25) is 5.95 Å². The minimum atomic E-state index is -4.51. The van der Waals surface area contributed by atoms with Crippen LogP contribution in [-0.2, 0) is 6.18 Å². The molecule has 1 aromatic carbocycles. The van der Waals surface area contributed by atoms with Crippen molar-refractivity contribution < 1.29 is 13.2 Å². The number of rotatable bonds is 3. The molecule has 0 amide bonds. The van der Waals surface area contributed by atoms with Crippen molar-refractivity contribution in [1.82, 2.24) is 14.9 Å². The van der Waals surface area contributed by atoms with Crippen LogP contribution >= 0.6 is 11.6 Å². The van der Waals surface area contributed by atoms with Crippen molar-refractivity contribution in [2.75, 3.05) is 43.4 Å². The molecule has 0 spiro atoms. The second-order valence-corrected chi connectivity index (χ2v) is 6.26. The van der Waals surface area contributed by atoms with Gasteiger partial charge in [-0.1, -0.05) is 11.6 Å². The first-order valence-corrected chi connectivity index (χ1v) is 8.11. The summed E-state index contributed by atoms with van der Waals surface area (Å²) >= 11 is 5.64. The van der Waals surface area contributed by atoms with Gasteiger partial charge in [0.05, 0.1) is 10.6 Å². The lowest BCUT2D eigenvalue weighted by molar-refractivity contribution is -0.137. The van der Waals surface area contributed by atoms with Gasteiger partial charge in [-0.15, -0.1) is 0 Å². The minimum absolute atomic E-state index is 0.264. The van der Waals surface area contributed by atoms with Crippen LogP contribution in [0.15, 0.2) is 30.5 Å². The Labute approximate surface area is 148 Å². The number of aromatic nitrogens is 2. The number of anilines is 3. The summed E-state index contributed by atoms with van der Waals surface area (Å²) in [6.07, 6.45) is -2.92. The van der Waals surface area contributed by atoms with Crippen molar-refractivity contribution in [3.05, 3.63) is 41.0 Å². The van der Waals surface area contributed by atoms with Crippen LogP contribution in [0.4, 0.5) is 30.6 Å². The summed E-state index contributed by atoms with van der Waals surface area (Å²) in [5, 5.41) is 2.55. The fraction of sp³-hybridized carbons (Fsp3) is 0.375. The van der Waals surface area contributed by atoms with Crippen molar-refractivity contribution in [3.63, 3.8) is 0 Å². The second-order valence-electron chi connectivity index (χ2n) is 5.85. The summed E-state index contributed by atoms with van der Waals surface area (Å²) in [7, 11) is 2.05. The number of likely N-dealkylation sites (N-methyl/N-ethyl adjacent to an activating group) is 1. The number of alkyl halides is 3. The van der Waals surface area contributed by atoms with E-state index < -0.39 is 11.7 Å². The first kappa shape index (κ1) is 17.8. The van der Waals surface area contributed by atoms with Gasteiger partial charge < -0.3 is 15.1 Å². The maximum Gasteiger partial charge on any atom is 0.417 e. The fourth-order valence-electron chi connectivity index (χ4n) is 2.54. The Hall–Kier alpha value is -2.06. The lowest BCUT2D eigenvalue weighted by atomic mass is 10.2. The van der Waals surface area contributed by atoms with Crippen molar-refractivity contribution >= 4 is 29.1 Å². The molecule has 1 aliphatic rings. The highest BCUT2D eigenvalue weighted by atomic mass is 35.5. The molecule has 25 heavy (non-hydrogen) atoms.